The predicted molar refractivity (Wildman–Crippen MR) is 146 cm³/mol. The number of alkyl halides is 5. The van der Waals surface area contributed by atoms with Crippen molar-refractivity contribution in [3.05, 3.63) is 91.9 Å². The minimum absolute atomic E-state index is 0.0419. The molecule has 12 heteroatoms. The van der Waals surface area contributed by atoms with Crippen molar-refractivity contribution in [1.82, 2.24) is 0 Å². The molecule has 2 N–H and O–H groups in total. The lowest BCUT2D eigenvalue weighted by Crippen LogP contribution is -2.18. The van der Waals surface area contributed by atoms with Crippen LogP contribution in [-0.2, 0) is 11.2 Å². The molecule has 1 aliphatic rings. The first kappa shape index (κ1) is 28.8. The summed E-state index contributed by atoms with van der Waals surface area (Å²) in [5.74, 6) is -2.47. The van der Waals surface area contributed by atoms with Gasteiger partial charge in [0, 0.05) is 27.3 Å². The fourth-order valence-corrected chi connectivity index (χ4v) is 5.79. The highest BCUT2D eigenvalue weighted by Gasteiger charge is 2.67. The number of hydrogen-bond donors (Lipinski definition) is 2. The van der Waals surface area contributed by atoms with Gasteiger partial charge < -0.3 is 10.6 Å². The van der Waals surface area contributed by atoms with E-state index in [-0.39, 0.29) is 21.8 Å². The molecule has 2 unspecified atom stereocenters. The maximum atomic E-state index is 13.0. The molecule has 1 aliphatic carbocycles. The van der Waals surface area contributed by atoms with Crippen molar-refractivity contribution >= 4 is 81.2 Å². The van der Waals surface area contributed by atoms with Gasteiger partial charge in [0.25, 0.3) is 5.91 Å². The summed E-state index contributed by atoms with van der Waals surface area (Å²) in [5.41, 5.74) is 1.76. The van der Waals surface area contributed by atoms with E-state index in [1.165, 1.54) is 36.4 Å². The van der Waals surface area contributed by atoms with Crippen molar-refractivity contribution in [1.29, 1.82) is 0 Å². The number of carbonyl (C=O) groups is 2. The largest absolute Gasteiger partial charge is 0.393 e. The van der Waals surface area contributed by atoms with Crippen LogP contribution in [0.25, 0.3) is 0 Å². The summed E-state index contributed by atoms with van der Waals surface area (Å²) in [6.45, 7) is 1.58. The standard InChI is InChI=1S/C26H18Cl5F3N2O2/c1-12-6-13(11-25(32,33)34)2-5-20(12)36-23(37)18-10-17(3-4-19(18)29)35-24(38)22-21(26(22,30)31)14-7-15(27)9-16(28)8-14/h2-10,21-22H,11H2,1H3,(H,35,38)(H,36,37). The molecular weight excluding hydrogens is 607 g/mol. The minimum atomic E-state index is -4.34. The highest BCUT2D eigenvalue weighted by Crippen LogP contribution is 2.65. The van der Waals surface area contributed by atoms with E-state index < -0.39 is 40.6 Å². The Balaban J connectivity index is 1.48. The van der Waals surface area contributed by atoms with Gasteiger partial charge >= 0.3 is 6.18 Å². The lowest BCUT2D eigenvalue weighted by molar-refractivity contribution is -0.127. The van der Waals surface area contributed by atoms with Crippen molar-refractivity contribution in [2.24, 2.45) is 5.92 Å². The molecule has 0 aromatic heterocycles. The van der Waals surface area contributed by atoms with Crippen LogP contribution >= 0.6 is 58.0 Å². The summed E-state index contributed by atoms with van der Waals surface area (Å²) in [6.07, 6.45) is -5.42. The molecule has 0 bridgehead atoms. The Morgan fingerprint density at radius 2 is 1.58 bits per heavy atom. The third-order valence-electron chi connectivity index (χ3n) is 6.00. The number of hydrogen-bond acceptors (Lipinski definition) is 2. The van der Waals surface area contributed by atoms with Crippen LogP contribution in [0.3, 0.4) is 0 Å². The molecule has 4 rings (SSSR count). The van der Waals surface area contributed by atoms with E-state index in [4.69, 9.17) is 58.0 Å². The third kappa shape index (κ3) is 6.52. The fourth-order valence-electron chi connectivity index (χ4n) is 4.22. The van der Waals surface area contributed by atoms with Crippen LogP contribution in [0.4, 0.5) is 24.5 Å². The van der Waals surface area contributed by atoms with Crippen molar-refractivity contribution < 1.29 is 22.8 Å². The van der Waals surface area contributed by atoms with Crippen molar-refractivity contribution in [3.8, 4) is 0 Å². The van der Waals surface area contributed by atoms with E-state index in [1.807, 2.05) is 0 Å². The van der Waals surface area contributed by atoms with Gasteiger partial charge in [0.1, 0.15) is 4.33 Å². The molecular formula is C26H18Cl5F3N2O2. The summed E-state index contributed by atoms with van der Waals surface area (Å²) >= 11 is 31.2. The molecule has 200 valence electrons. The molecule has 1 fully saturated rings. The zero-order chi connectivity index (χ0) is 28.0. The normalized spacial score (nSPS) is 18.1. The summed E-state index contributed by atoms with van der Waals surface area (Å²) in [5, 5.41) is 6.19. The molecule has 0 aliphatic heterocycles. The third-order valence-corrected chi connectivity index (χ3v) is 7.71. The Hall–Kier alpha value is -2.16. The number of rotatable bonds is 6. The molecule has 4 nitrogen and oxygen atoms in total. The number of amides is 2. The van der Waals surface area contributed by atoms with Crippen LogP contribution in [-0.4, -0.2) is 22.3 Å². The first-order valence-electron chi connectivity index (χ1n) is 11.1. The Morgan fingerprint density at radius 1 is 0.921 bits per heavy atom. The van der Waals surface area contributed by atoms with Gasteiger partial charge in [-0.1, -0.05) is 46.9 Å². The van der Waals surface area contributed by atoms with Gasteiger partial charge in [0.15, 0.2) is 0 Å². The van der Waals surface area contributed by atoms with Crippen molar-refractivity contribution in [3.63, 3.8) is 0 Å². The molecule has 0 radical (unpaired) electrons. The molecule has 0 spiro atoms. The van der Waals surface area contributed by atoms with Crippen LogP contribution in [0.5, 0.6) is 0 Å². The monoisotopic (exact) mass is 622 g/mol. The lowest BCUT2D eigenvalue weighted by Gasteiger charge is -2.13. The van der Waals surface area contributed by atoms with E-state index in [2.05, 4.69) is 10.6 Å². The Labute approximate surface area is 241 Å². The van der Waals surface area contributed by atoms with Gasteiger partial charge in [-0.3, -0.25) is 9.59 Å². The van der Waals surface area contributed by atoms with Crippen LogP contribution < -0.4 is 10.6 Å². The second-order valence-electron chi connectivity index (χ2n) is 8.91. The molecule has 3 aromatic rings. The van der Waals surface area contributed by atoms with E-state index in [0.717, 1.165) is 0 Å². The molecule has 38 heavy (non-hydrogen) atoms. The maximum absolute atomic E-state index is 13.0. The number of halogens is 8. The molecule has 2 atom stereocenters. The predicted octanol–water partition coefficient (Wildman–Crippen LogP) is 8.84. The number of anilines is 2. The fraction of sp³-hybridized carbons (Fsp3) is 0.231. The topological polar surface area (TPSA) is 58.2 Å². The van der Waals surface area contributed by atoms with Gasteiger partial charge in [-0.15, -0.1) is 23.2 Å². The summed E-state index contributed by atoms with van der Waals surface area (Å²) < 4.78 is 36.6. The summed E-state index contributed by atoms with van der Waals surface area (Å²) in [7, 11) is 0. The number of nitrogens with one attached hydrogen (secondary N) is 2. The van der Waals surface area contributed by atoms with Gasteiger partial charge in [0.05, 0.1) is 22.9 Å². The molecule has 2 amide bonds. The van der Waals surface area contributed by atoms with Crippen molar-refractivity contribution in [2.75, 3.05) is 10.6 Å². The van der Waals surface area contributed by atoms with Crippen LogP contribution in [0.2, 0.25) is 15.1 Å². The maximum Gasteiger partial charge on any atom is 0.393 e. The molecule has 1 saturated carbocycles. The van der Waals surface area contributed by atoms with Crippen LogP contribution in [0, 0.1) is 12.8 Å². The molecule has 0 saturated heterocycles. The Morgan fingerprint density at radius 3 is 2.18 bits per heavy atom. The highest BCUT2D eigenvalue weighted by atomic mass is 35.5. The average molecular weight is 625 g/mol. The lowest BCUT2D eigenvalue weighted by atomic mass is 10.1. The Kier molecular flexibility index (Phi) is 8.18. The molecule has 3 aromatic carbocycles. The van der Waals surface area contributed by atoms with E-state index >= 15 is 0 Å². The second-order valence-corrected chi connectivity index (χ2v) is 11.6. The SMILES string of the molecule is Cc1cc(CC(F)(F)F)ccc1NC(=O)c1cc(NC(=O)C2C(c3cc(Cl)cc(Cl)c3)C2(Cl)Cl)ccc1Cl. The molecule has 0 heterocycles. The zero-order valence-electron chi connectivity index (χ0n) is 19.4. The van der Waals surface area contributed by atoms with Gasteiger partial charge in [-0.05, 0) is 66.1 Å². The van der Waals surface area contributed by atoms with Crippen LogP contribution in [0.15, 0.2) is 54.6 Å². The van der Waals surface area contributed by atoms with Crippen molar-refractivity contribution in [2.45, 2.75) is 29.8 Å². The summed E-state index contributed by atoms with van der Waals surface area (Å²) in [6, 6.07) is 13.2. The van der Waals surface area contributed by atoms with E-state index in [1.54, 1.807) is 25.1 Å². The zero-order valence-corrected chi connectivity index (χ0v) is 23.2. The first-order valence-corrected chi connectivity index (χ1v) is 13.0. The average Bonchev–Trinajstić information content (AvgIpc) is 3.37. The number of aryl methyl sites for hydroxylation is 1. The summed E-state index contributed by atoms with van der Waals surface area (Å²) in [4.78, 5) is 26.0. The minimum Gasteiger partial charge on any atom is -0.326 e. The van der Waals surface area contributed by atoms with Gasteiger partial charge in [-0.2, -0.15) is 13.2 Å². The number of benzene rings is 3. The Bertz CT molecular complexity index is 1410. The smallest absolute Gasteiger partial charge is 0.326 e. The quantitative estimate of drug-likeness (QED) is 0.269. The van der Waals surface area contributed by atoms with Crippen LogP contribution in [0.1, 0.15) is 33.0 Å². The van der Waals surface area contributed by atoms with Gasteiger partial charge in [-0.25, -0.2) is 0 Å². The second kappa shape index (κ2) is 10.8. The van der Waals surface area contributed by atoms with Gasteiger partial charge in [0.2, 0.25) is 5.91 Å². The highest BCUT2D eigenvalue weighted by molar-refractivity contribution is 6.53. The van der Waals surface area contributed by atoms with E-state index in [9.17, 15) is 22.8 Å². The number of carbonyl (C=O) groups excluding carboxylic acids is 2. The first-order chi connectivity index (χ1) is 17.7. The van der Waals surface area contributed by atoms with E-state index in [0.29, 0.717) is 26.9 Å².